The minimum absolute atomic E-state index is 0.0637. The van der Waals surface area contributed by atoms with Gasteiger partial charge in [-0.3, -0.25) is 4.79 Å². The normalized spacial score (nSPS) is 20.4. The van der Waals surface area contributed by atoms with Gasteiger partial charge in [-0.15, -0.1) is 0 Å². The largest absolute Gasteiger partial charge is 0.395 e. The third-order valence-corrected chi connectivity index (χ3v) is 11.2. The second-order valence-corrected chi connectivity index (χ2v) is 14.8. The number of carbonyl (C=O) groups excluding carboxylic acids is 1. The first-order valence-electron chi connectivity index (χ1n) is 13.9. The van der Waals surface area contributed by atoms with E-state index < -0.39 is 33.0 Å². The molecule has 2 aromatic rings. The highest BCUT2D eigenvalue weighted by Gasteiger charge is 2.45. The third-order valence-electron chi connectivity index (χ3n) is 8.77. The number of benzene rings is 1. The summed E-state index contributed by atoms with van der Waals surface area (Å²) in [5, 5.41) is 12.7. The molecule has 5 rings (SSSR count). The summed E-state index contributed by atoms with van der Waals surface area (Å²) in [4.78, 5) is 22.1. The molecule has 218 valence electrons. The number of aliphatic hydroxyl groups is 1. The predicted octanol–water partition coefficient (Wildman–Crippen LogP) is 4.80. The van der Waals surface area contributed by atoms with Gasteiger partial charge in [0.1, 0.15) is 5.82 Å². The zero-order chi connectivity index (χ0) is 28.9. The first kappa shape index (κ1) is 28.7. The zero-order valence-electron chi connectivity index (χ0n) is 23.3. The molecule has 11 heteroatoms. The molecule has 3 aliphatic rings. The number of nitrogens with zero attached hydrogens (tertiary/aromatic N) is 3. The minimum atomic E-state index is -3.87. The maximum Gasteiger partial charge on any atom is 0.257 e. The van der Waals surface area contributed by atoms with Crippen LogP contribution in [0.5, 0.6) is 0 Å². The van der Waals surface area contributed by atoms with Gasteiger partial charge in [-0.05, 0) is 76.1 Å². The van der Waals surface area contributed by atoms with Gasteiger partial charge in [-0.25, -0.2) is 22.2 Å². The lowest BCUT2D eigenvalue weighted by Gasteiger charge is -2.35. The Kier molecular flexibility index (Phi) is 7.35. The second-order valence-electron chi connectivity index (χ2n) is 12.2. The van der Waals surface area contributed by atoms with Crippen molar-refractivity contribution in [1.29, 1.82) is 0 Å². The molecule has 1 spiro atoms. The number of halogens is 2. The highest BCUT2D eigenvalue weighted by Crippen LogP contribution is 2.54. The lowest BCUT2D eigenvalue weighted by molar-refractivity contribution is -0.0221. The van der Waals surface area contributed by atoms with E-state index in [1.807, 2.05) is 0 Å². The summed E-state index contributed by atoms with van der Waals surface area (Å²) in [6.45, 7) is 6.02. The number of alkyl halides is 2. The molecule has 0 radical (unpaired) electrons. The van der Waals surface area contributed by atoms with Gasteiger partial charge in [0.05, 0.1) is 27.5 Å². The fourth-order valence-electron chi connectivity index (χ4n) is 5.58. The average Bonchev–Trinajstić information content (AvgIpc) is 3.66. The van der Waals surface area contributed by atoms with E-state index in [1.54, 1.807) is 30.0 Å². The molecular weight excluding hydrogens is 538 g/mol. The predicted molar refractivity (Wildman–Crippen MR) is 151 cm³/mol. The molecule has 0 atom stereocenters. The number of aromatic nitrogens is 1. The van der Waals surface area contributed by atoms with E-state index in [9.17, 15) is 27.1 Å². The number of hydrogen-bond acceptors (Lipinski definition) is 7. The lowest BCUT2D eigenvalue weighted by atomic mass is 9.93. The first-order chi connectivity index (χ1) is 18.7. The Bertz CT molecular complexity index is 1390. The van der Waals surface area contributed by atoms with Crippen LogP contribution in [0, 0.1) is 12.3 Å². The van der Waals surface area contributed by atoms with Crippen molar-refractivity contribution in [2.45, 2.75) is 74.9 Å². The number of pyridine rings is 1. The third kappa shape index (κ3) is 5.68. The van der Waals surface area contributed by atoms with E-state index in [0.29, 0.717) is 33.9 Å². The molecular formula is C29H38F2N4O4S. The average molecular weight is 577 g/mol. The fraction of sp³-hybridized carbons (Fsp3) is 0.586. The summed E-state index contributed by atoms with van der Waals surface area (Å²) in [6, 6.07) is 7.93. The fourth-order valence-corrected chi connectivity index (χ4v) is 6.90. The first-order valence-corrected chi connectivity index (χ1v) is 15.4. The number of piperidine rings is 2. The Morgan fingerprint density at radius 1 is 1.00 bits per heavy atom. The van der Waals surface area contributed by atoms with Crippen LogP contribution in [0.15, 0.2) is 35.2 Å². The van der Waals surface area contributed by atoms with Crippen molar-refractivity contribution in [2.24, 2.45) is 5.41 Å². The van der Waals surface area contributed by atoms with Gasteiger partial charge in [-0.1, -0.05) is 0 Å². The monoisotopic (exact) mass is 576 g/mol. The number of amides is 1. The minimum Gasteiger partial charge on any atom is -0.395 e. The SMILES string of the molecule is Cc1cc(NC(=O)c2ccc(S(=O)(=O)C(C)(C)CO)cc2N2CCC3(CC2)CC3)cc(N2CCC(F)(F)CC2)n1. The highest BCUT2D eigenvalue weighted by atomic mass is 32.2. The van der Waals surface area contributed by atoms with Gasteiger partial charge in [0.15, 0.2) is 9.84 Å². The molecule has 3 heterocycles. The number of aryl methyl sites for hydroxylation is 1. The van der Waals surface area contributed by atoms with E-state index in [4.69, 9.17) is 0 Å². The summed E-state index contributed by atoms with van der Waals surface area (Å²) >= 11 is 0. The second kappa shape index (κ2) is 10.2. The molecule has 1 amide bonds. The van der Waals surface area contributed by atoms with E-state index in [2.05, 4.69) is 15.2 Å². The molecule has 0 unspecified atom stereocenters. The molecule has 1 saturated carbocycles. The molecule has 1 aromatic heterocycles. The summed E-state index contributed by atoms with van der Waals surface area (Å²) in [5.41, 5.74) is 2.42. The molecule has 40 heavy (non-hydrogen) atoms. The summed E-state index contributed by atoms with van der Waals surface area (Å²) in [7, 11) is -3.87. The van der Waals surface area contributed by atoms with Crippen LogP contribution in [-0.2, 0) is 9.84 Å². The van der Waals surface area contributed by atoms with Crippen molar-refractivity contribution < 1.29 is 27.1 Å². The summed E-state index contributed by atoms with van der Waals surface area (Å²) in [5.74, 6) is -2.54. The number of anilines is 3. The standard InChI is InChI=1S/C29H38F2N4O4S/c1-20-16-21(17-25(32-20)35-14-10-29(30,31)11-15-35)33-26(37)23-5-4-22(40(38,39)27(2,3)19-36)18-24(23)34-12-8-28(6-7-28)9-13-34/h4-5,16-18,36H,6-15,19H2,1-3H3,(H,32,33,37). The lowest BCUT2D eigenvalue weighted by Crippen LogP contribution is -2.39. The Labute approximate surface area is 234 Å². The van der Waals surface area contributed by atoms with Gasteiger partial charge >= 0.3 is 0 Å². The van der Waals surface area contributed by atoms with Crippen molar-refractivity contribution in [3.63, 3.8) is 0 Å². The Morgan fingerprint density at radius 2 is 1.62 bits per heavy atom. The van der Waals surface area contributed by atoms with E-state index in [-0.39, 0.29) is 30.8 Å². The quantitative estimate of drug-likeness (QED) is 0.488. The van der Waals surface area contributed by atoms with Gasteiger partial charge < -0.3 is 20.2 Å². The van der Waals surface area contributed by atoms with Crippen LogP contribution < -0.4 is 15.1 Å². The molecule has 1 aromatic carbocycles. The Morgan fingerprint density at radius 3 is 2.23 bits per heavy atom. The summed E-state index contributed by atoms with van der Waals surface area (Å²) in [6.07, 6.45) is 3.93. The maximum absolute atomic E-state index is 13.7. The molecule has 2 saturated heterocycles. The van der Waals surface area contributed by atoms with Crippen molar-refractivity contribution in [3.8, 4) is 0 Å². The van der Waals surface area contributed by atoms with Crippen molar-refractivity contribution in [2.75, 3.05) is 47.9 Å². The molecule has 2 aliphatic heterocycles. The topological polar surface area (TPSA) is 103 Å². The van der Waals surface area contributed by atoms with Crippen LogP contribution in [0.25, 0.3) is 0 Å². The summed E-state index contributed by atoms with van der Waals surface area (Å²) < 4.78 is 52.6. The van der Waals surface area contributed by atoms with Gasteiger partial charge in [0.2, 0.25) is 0 Å². The van der Waals surface area contributed by atoms with Gasteiger partial charge in [-0.2, -0.15) is 0 Å². The highest BCUT2D eigenvalue weighted by molar-refractivity contribution is 7.92. The van der Waals surface area contributed by atoms with E-state index in [0.717, 1.165) is 25.9 Å². The van der Waals surface area contributed by atoms with Crippen LogP contribution in [-0.4, -0.2) is 67.9 Å². The Hall–Kier alpha value is -2.79. The number of carbonyl (C=O) groups is 1. The zero-order valence-corrected chi connectivity index (χ0v) is 24.2. The Balaban J connectivity index is 1.44. The van der Waals surface area contributed by atoms with Gasteiger partial charge in [0, 0.05) is 56.5 Å². The van der Waals surface area contributed by atoms with Crippen molar-refractivity contribution >= 4 is 32.9 Å². The number of sulfone groups is 1. The number of hydrogen-bond donors (Lipinski definition) is 2. The number of rotatable bonds is 7. The smallest absolute Gasteiger partial charge is 0.257 e. The molecule has 2 N–H and O–H groups in total. The van der Waals surface area contributed by atoms with Crippen molar-refractivity contribution in [1.82, 2.24) is 4.98 Å². The van der Waals surface area contributed by atoms with E-state index >= 15 is 0 Å². The van der Waals surface area contributed by atoms with Crippen LogP contribution in [0.2, 0.25) is 0 Å². The maximum atomic E-state index is 13.7. The van der Waals surface area contributed by atoms with Crippen LogP contribution in [0.3, 0.4) is 0 Å². The number of nitrogens with one attached hydrogen (secondary N) is 1. The van der Waals surface area contributed by atoms with Crippen LogP contribution in [0.1, 0.15) is 68.4 Å². The van der Waals surface area contributed by atoms with Crippen LogP contribution in [0.4, 0.5) is 26.0 Å². The molecule has 0 bridgehead atoms. The molecule has 3 fully saturated rings. The van der Waals surface area contributed by atoms with Gasteiger partial charge in [0.25, 0.3) is 11.8 Å². The molecule has 8 nitrogen and oxygen atoms in total. The molecule has 1 aliphatic carbocycles. The van der Waals surface area contributed by atoms with E-state index in [1.165, 1.54) is 38.8 Å². The van der Waals surface area contributed by atoms with Crippen LogP contribution >= 0.6 is 0 Å². The van der Waals surface area contributed by atoms with Crippen molar-refractivity contribution in [3.05, 3.63) is 41.6 Å². The number of aliphatic hydroxyl groups excluding tert-OH is 1.